The van der Waals surface area contributed by atoms with Crippen molar-refractivity contribution in [2.24, 2.45) is 5.92 Å². The monoisotopic (exact) mass is 429 g/mol. The van der Waals surface area contributed by atoms with Gasteiger partial charge in [0.05, 0.1) is 16.8 Å². The average Bonchev–Trinajstić information content (AvgIpc) is 3.19. The second kappa shape index (κ2) is 9.07. The van der Waals surface area contributed by atoms with Crippen LogP contribution in [0, 0.1) is 5.92 Å². The van der Waals surface area contributed by atoms with Crippen LogP contribution < -0.4 is 10.2 Å². The molecule has 0 aromatic carbocycles. The molecular weight excluding hydrogens is 407 g/mol. The van der Waals surface area contributed by atoms with E-state index in [1.807, 2.05) is 24.0 Å². The first-order chi connectivity index (χ1) is 13.7. The van der Waals surface area contributed by atoms with E-state index in [1.165, 1.54) is 0 Å². The third-order valence-electron chi connectivity index (χ3n) is 5.11. The maximum absolute atomic E-state index is 12.8. The van der Waals surface area contributed by atoms with Crippen LogP contribution in [0.3, 0.4) is 0 Å². The van der Waals surface area contributed by atoms with Crippen LogP contribution in [0.1, 0.15) is 37.5 Å². The average molecular weight is 430 g/mol. The van der Waals surface area contributed by atoms with Gasteiger partial charge in [-0.25, -0.2) is 4.98 Å². The maximum atomic E-state index is 12.8. The number of amides is 1. The number of nitrogens with zero attached hydrogens (tertiary/aromatic N) is 2. The van der Waals surface area contributed by atoms with Crippen LogP contribution in [-0.4, -0.2) is 30.0 Å². The lowest BCUT2D eigenvalue weighted by Gasteiger charge is -2.33. The molecule has 5 nitrogen and oxygen atoms in total. The molecule has 0 saturated carbocycles. The van der Waals surface area contributed by atoms with Crippen molar-refractivity contribution in [2.45, 2.75) is 44.8 Å². The molecule has 0 aliphatic carbocycles. The fourth-order valence-electron chi connectivity index (χ4n) is 3.42. The summed E-state index contributed by atoms with van der Waals surface area (Å²) in [6.07, 6.45) is 0.665. The highest BCUT2D eigenvalue weighted by atomic mass is 35.5. The zero-order valence-corrected chi connectivity index (χ0v) is 16.8. The molecule has 1 aliphatic heterocycles. The molecule has 1 aliphatic rings. The first-order valence-corrected chi connectivity index (χ1v) is 9.92. The molecule has 0 unspecified atom stereocenters. The summed E-state index contributed by atoms with van der Waals surface area (Å²) in [5, 5.41) is 3.00. The summed E-state index contributed by atoms with van der Waals surface area (Å²) in [7, 11) is 0. The molecule has 1 saturated heterocycles. The molecule has 1 amide bonds. The van der Waals surface area contributed by atoms with Gasteiger partial charge in [-0.3, -0.25) is 4.79 Å². The number of hydrogen-bond acceptors (Lipinski definition) is 4. The molecular formula is C20H23ClF3N3O2. The SMILES string of the molecule is C[C@@H](CCc1ccco1)NC(=O)C1CCN(c2ncc(C(F)(F)F)cc2Cl)CC1. The second-order valence-corrected chi connectivity index (χ2v) is 7.72. The normalized spacial score (nSPS) is 16.7. The van der Waals surface area contributed by atoms with Crippen molar-refractivity contribution in [1.82, 2.24) is 10.3 Å². The number of furan rings is 1. The van der Waals surface area contributed by atoms with E-state index in [4.69, 9.17) is 16.0 Å². The van der Waals surface area contributed by atoms with Gasteiger partial charge < -0.3 is 14.6 Å². The highest BCUT2D eigenvalue weighted by Gasteiger charge is 2.33. The number of aryl methyl sites for hydroxylation is 1. The Morgan fingerprint density at radius 3 is 2.72 bits per heavy atom. The minimum absolute atomic E-state index is 0.00284. The zero-order valence-electron chi connectivity index (χ0n) is 16.0. The van der Waals surface area contributed by atoms with E-state index in [0.29, 0.717) is 31.7 Å². The van der Waals surface area contributed by atoms with Crippen molar-refractivity contribution in [3.63, 3.8) is 0 Å². The lowest BCUT2D eigenvalue weighted by Crippen LogP contribution is -2.43. The van der Waals surface area contributed by atoms with E-state index in [9.17, 15) is 18.0 Å². The Morgan fingerprint density at radius 1 is 1.41 bits per heavy atom. The Hall–Kier alpha value is -2.22. The topological polar surface area (TPSA) is 58.4 Å². The van der Waals surface area contributed by atoms with Crippen LogP contribution in [0.15, 0.2) is 35.1 Å². The predicted molar refractivity (Wildman–Crippen MR) is 104 cm³/mol. The molecule has 0 radical (unpaired) electrons. The smallest absolute Gasteiger partial charge is 0.417 e. The standard InChI is InChI=1S/C20H23ClF3N3O2/c1-13(4-5-16-3-2-10-29-16)26-19(28)14-6-8-27(9-7-14)18-17(21)11-15(12-25-18)20(22,23)24/h2-3,10-14H,4-9H2,1H3,(H,26,28)/t13-/m0/s1. The highest BCUT2D eigenvalue weighted by molar-refractivity contribution is 6.33. The summed E-state index contributed by atoms with van der Waals surface area (Å²) in [6.45, 7) is 2.98. The van der Waals surface area contributed by atoms with Gasteiger partial charge in [-0.05, 0) is 44.4 Å². The minimum Gasteiger partial charge on any atom is -0.469 e. The first-order valence-electron chi connectivity index (χ1n) is 9.54. The summed E-state index contributed by atoms with van der Waals surface area (Å²) in [5.74, 6) is 1.08. The van der Waals surface area contributed by atoms with Crippen LogP contribution in [-0.2, 0) is 17.4 Å². The number of pyridine rings is 1. The van der Waals surface area contributed by atoms with Crippen molar-refractivity contribution in [3.05, 3.63) is 47.0 Å². The van der Waals surface area contributed by atoms with Crippen LogP contribution in [0.4, 0.5) is 19.0 Å². The minimum atomic E-state index is -4.48. The number of rotatable bonds is 6. The first kappa shape index (κ1) is 21.5. The number of carbonyl (C=O) groups excluding carboxylic acids is 1. The third-order valence-corrected chi connectivity index (χ3v) is 5.39. The van der Waals surface area contributed by atoms with Gasteiger partial charge in [-0.1, -0.05) is 11.6 Å². The number of piperidine rings is 1. The van der Waals surface area contributed by atoms with Gasteiger partial charge in [0.2, 0.25) is 5.91 Å². The van der Waals surface area contributed by atoms with E-state index < -0.39 is 11.7 Å². The van der Waals surface area contributed by atoms with Crippen LogP contribution >= 0.6 is 11.6 Å². The van der Waals surface area contributed by atoms with Gasteiger partial charge in [0.1, 0.15) is 11.6 Å². The lowest BCUT2D eigenvalue weighted by molar-refractivity contribution is -0.137. The predicted octanol–water partition coefficient (Wildman–Crippen LogP) is 4.70. The van der Waals surface area contributed by atoms with Crippen molar-refractivity contribution in [1.29, 1.82) is 0 Å². The zero-order chi connectivity index (χ0) is 21.0. The molecule has 0 spiro atoms. The fraction of sp³-hybridized carbons (Fsp3) is 0.500. The molecule has 2 aromatic rings. The summed E-state index contributed by atoms with van der Waals surface area (Å²) in [4.78, 5) is 18.2. The molecule has 1 N–H and O–H groups in total. The Bertz CT molecular complexity index is 819. The lowest BCUT2D eigenvalue weighted by atomic mass is 9.95. The summed E-state index contributed by atoms with van der Waals surface area (Å²) in [6, 6.07) is 4.66. The van der Waals surface area contributed by atoms with Gasteiger partial charge in [-0.2, -0.15) is 13.2 Å². The van der Waals surface area contributed by atoms with Crippen molar-refractivity contribution < 1.29 is 22.4 Å². The number of aromatic nitrogens is 1. The molecule has 158 valence electrons. The molecule has 3 rings (SSSR count). The van der Waals surface area contributed by atoms with E-state index in [1.54, 1.807) is 6.26 Å². The van der Waals surface area contributed by atoms with E-state index >= 15 is 0 Å². The molecule has 9 heteroatoms. The maximum Gasteiger partial charge on any atom is 0.417 e. The summed E-state index contributed by atoms with van der Waals surface area (Å²) >= 11 is 6.02. The Labute approximate surface area is 172 Å². The number of anilines is 1. The van der Waals surface area contributed by atoms with Crippen molar-refractivity contribution in [2.75, 3.05) is 18.0 Å². The number of hydrogen-bond donors (Lipinski definition) is 1. The largest absolute Gasteiger partial charge is 0.469 e. The van der Waals surface area contributed by atoms with Gasteiger partial charge in [0.25, 0.3) is 0 Å². The van der Waals surface area contributed by atoms with Gasteiger partial charge >= 0.3 is 6.18 Å². The van der Waals surface area contributed by atoms with Gasteiger partial charge in [0, 0.05) is 37.7 Å². The number of nitrogens with one attached hydrogen (secondary N) is 1. The van der Waals surface area contributed by atoms with Crippen molar-refractivity contribution in [3.8, 4) is 0 Å². The molecule has 0 bridgehead atoms. The van der Waals surface area contributed by atoms with Crippen LogP contribution in [0.5, 0.6) is 0 Å². The molecule has 29 heavy (non-hydrogen) atoms. The molecule has 3 heterocycles. The Morgan fingerprint density at radius 2 is 2.14 bits per heavy atom. The van der Waals surface area contributed by atoms with Crippen molar-refractivity contribution >= 4 is 23.3 Å². The summed E-state index contributed by atoms with van der Waals surface area (Å²) < 4.78 is 43.6. The van der Waals surface area contributed by atoms with E-state index in [2.05, 4.69) is 10.3 Å². The Balaban J connectivity index is 1.49. The number of alkyl halides is 3. The van der Waals surface area contributed by atoms with Crippen LogP contribution in [0.2, 0.25) is 5.02 Å². The third kappa shape index (κ3) is 5.65. The van der Waals surface area contributed by atoms with E-state index in [0.717, 1.165) is 30.9 Å². The number of carbonyl (C=O) groups is 1. The molecule has 1 fully saturated rings. The number of halogens is 4. The molecule has 1 atom stereocenters. The fourth-order valence-corrected chi connectivity index (χ4v) is 3.70. The quantitative estimate of drug-likeness (QED) is 0.723. The second-order valence-electron chi connectivity index (χ2n) is 7.32. The molecule has 2 aromatic heterocycles. The van der Waals surface area contributed by atoms with Gasteiger partial charge in [0.15, 0.2) is 0 Å². The summed E-state index contributed by atoms with van der Waals surface area (Å²) in [5.41, 5.74) is -0.871. The van der Waals surface area contributed by atoms with E-state index in [-0.39, 0.29) is 22.9 Å². The van der Waals surface area contributed by atoms with Crippen LogP contribution in [0.25, 0.3) is 0 Å². The Kier molecular flexibility index (Phi) is 6.72. The highest BCUT2D eigenvalue weighted by Crippen LogP contribution is 2.34. The van der Waals surface area contributed by atoms with Gasteiger partial charge in [-0.15, -0.1) is 0 Å².